The van der Waals surface area contributed by atoms with Gasteiger partial charge in [-0.2, -0.15) is 5.26 Å². The number of nitrogens with two attached hydrogens (primary N) is 1. The third-order valence-corrected chi connectivity index (χ3v) is 3.91. The standard InChI is InChI=1S/C19H17N5O2/c1-26-19(25)16(21)8-12-2-4-15(5-3-12)23-18-13(10-20)9-14-11-22-7-6-17(14)24-18/h2-7,9,11,16H,8,21H2,1H3,(H,23,24)/t16-/m0/s1. The molecule has 0 aliphatic rings. The Kier molecular flexibility index (Phi) is 5.06. The van der Waals surface area contributed by atoms with Crippen molar-refractivity contribution in [2.24, 2.45) is 5.73 Å². The van der Waals surface area contributed by atoms with Crippen molar-refractivity contribution >= 4 is 28.4 Å². The van der Waals surface area contributed by atoms with Gasteiger partial charge in [-0.3, -0.25) is 9.78 Å². The van der Waals surface area contributed by atoms with Crippen LogP contribution >= 0.6 is 0 Å². The number of nitriles is 1. The zero-order valence-electron chi connectivity index (χ0n) is 14.1. The number of fused-ring (bicyclic) bond motifs is 1. The Hall–Kier alpha value is -3.50. The molecule has 0 aliphatic heterocycles. The third kappa shape index (κ3) is 3.77. The monoisotopic (exact) mass is 347 g/mol. The average Bonchev–Trinajstić information content (AvgIpc) is 2.68. The molecule has 0 spiro atoms. The van der Waals surface area contributed by atoms with Gasteiger partial charge in [0.25, 0.3) is 0 Å². The van der Waals surface area contributed by atoms with Gasteiger partial charge in [-0.25, -0.2) is 4.98 Å². The Labute approximate surface area is 150 Å². The van der Waals surface area contributed by atoms with E-state index < -0.39 is 12.0 Å². The normalized spacial score (nSPS) is 11.6. The average molecular weight is 347 g/mol. The van der Waals surface area contributed by atoms with E-state index in [9.17, 15) is 10.1 Å². The summed E-state index contributed by atoms with van der Waals surface area (Å²) in [6.07, 6.45) is 3.72. The number of nitrogens with zero attached hydrogens (tertiary/aromatic N) is 3. The number of hydrogen-bond acceptors (Lipinski definition) is 7. The molecule has 0 radical (unpaired) electrons. The summed E-state index contributed by atoms with van der Waals surface area (Å²) in [4.78, 5) is 19.9. The Bertz CT molecular complexity index is 979. The van der Waals surface area contributed by atoms with Crippen molar-refractivity contribution in [2.45, 2.75) is 12.5 Å². The van der Waals surface area contributed by atoms with Crippen LogP contribution in [0.25, 0.3) is 10.9 Å². The van der Waals surface area contributed by atoms with E-state index in [1.54, 1.807) is 24.5 Å². The van der Waals surface area contributed by atoms with E-state index >= 15 is 0 Å². The summed E-state index contributed by atoms with van der Waals surface area (Å²) >= 11 is 0. The second kappa shape index (κ2) is 7.59. The molecule has 0 unspecified atom stereocenters. The van der Waals surface area contributed by atoms with E-state index in [2.05, 4.69) is 26.1 Å². The van der Waals surface area contributed by atoms with Gasteiger partial charge >= 0.3 is 5.97 Å². The van der Waals surface area contributed by atoms with Crippen molar-refractivity contribution in [1.29, 1.82) is 5.26 Å². The third-order valence-electron chi connectivity index (χ3n) is 3.91. The van der Waals surface area contributed by atoms with Crippen LogP contribution in [0, 0.1) is 11.3 Å². The Balaban J connectivity index is 1.80. The van der Waals surface area contributed by atoms with Gasteiger partial charge < -0.3 is 15.8 Å². The number of pyridine rings is 2. The molecule has 1 atom stereocenters. The van der Waals surface area contributed by atoms with Crippen LogP contribution in [0.1, 0.15) is 11.1 Å². The summed E-state index contributed by atoms with van der Waals surface area (Å²) in [6, 6.07) is 12.4. The van der Waals surface area contributed by atoms with Gasteiger partial charge in [0.1, 0.15) is 17.9 Å². The first kappa shape index (κ1) is 17.3. The van der Waals surface area contributed by atoms with Crippen LogP contribution in [-0.2, 0) is 16.0 Å². The number of methoxy groups -OCH3 is 1. The first-order chi connectivity index (χ1) is 12.6. The van der Waals surface area contributed by atoms with Crippen molar-refractivity contribution in [3.8, 4) is 6.07 Å². The minimum absolute atomic E-state index is 0.387. The molecule has 2 heterocycles. The summed E-state index contributed by atoms with van der Waals surface area (Å²) in [5, 5.41) is 13.3. The van der Waals surface area contributed by atoms with Crippen LogP contribution in [0.2, 0.25) is 0 Å². The molecule has 2 aromatic heterocycles. The molecule has 3 rings (SSSR count). The van der Waals surface area contributed by atoms with E-state index in [-0.39, 0.29) is 0 Å². The molecule has 0 fully saturated rings. The fourth-order valence-electron chi connectivity index (χ4n) is 2.55. The van der Waals surface area contributed by atoms with Crippen molar-refractivity contribution in [1.82, 2.24) is 9.97 Å². The number of carbonyl (C=O) groups excluding carboxylic acids is 1. The highest BCUT2D eigenvalue weighted by molar-refractivity contribution is 5.83. The maximum Gasteiger partial charge on any atom is 0.322 e. The van der Waals surface area contributed by atoms with Crippen molar-refractivity contribution in [3.63, 3.8) is 0 Å². The maximum absolute atomic E-state index is 11.4. The lowest BCUT2D eigenvalue weighted by Gasteiger charge is -2.11. The van der Waals surface area contributed by atoms with Crippen LogP contribution < -0.4 is 11.1 Å². The molecule has 0 saturated heterocycles. The van der Waals surface area contributed by atoms with Crippen LogP contribution in [0.5, 0.6) is 0 Å². The molecule has 3 aromatic rings. The lowest BCUT2D eigenvalue weighted by molar-refractivity contribution is -0.142. The largest absolute Gasteiger partial charge is 0.468 e. The molecule has 0 aliphatic carbocycles. The second-order valence-electron chi connectivity index (χ2n) is 5.72. The minimum atomic E-state index is -0.695. The van der Waals surface area contributed by atoms with Crippen LogP contribution in [0.15, 0.2) is 48.8 Å². The van der Waals surface area contributed by atoms with Gasteiger partial charge in [-0.1, -0.05) is 12.1 Å². The number of carbonyl (C=O) groups is 1. The summed E-state index contributed by atoms with van der Waals surface area (Å²) in [5.41, 5.74) is 8.64. The second-order valence-corrected chi connectivity index (χ2v) is 5.72. The summed E-state index contributed by atoms with van der Waals surface area (Å²) in [7, 11) is 1.31. The van der Waals surface area contributed by atoms with Gasteiger partial charge in [-0.15, -0.1) is 0 Å². The molecular formula is C19H17N5O2. The van der Waals surface area contributed by atoms with E-state index in [4.69, 9.17) is 5.73 Å². The van der Waals surface area contributed by atoms with Gasteiger partial charge in [0, 0.05) is 23.5 Å². The molecule has 0 saturated carbocycles. The van der Waals surface area contributed by atoms with E-state index in [1.807, 2.05) is 24.3 Å². The first-order valence-corrected chi connectivity index (χ1v) is 7.95. The van der Waals surface area contributed by atoms with E-state index in [0.717, 1.165) is 22.2 Å². The zero-order valence-corrected chi connectivity index (χ0v) is 14.1. The summed E-state index contributed by atoms with van der Waals surface area (Å²) in [6.45, 7) is 0. The lowest BCUT2D eigenvalue weighted by Crippen LogP contribution is -2.33. The van der Waals surface area contributed by atoms with Gasteiger partial charge in [0.2, 0.25) is 0 Å². The predicted octanol–water partition coefficient (Wildman–Crippen LogP) is 2.29. The number of esters is 1. The van der Waals surface area contributed by atoms with Gasteiger partial charge in [0.15, 0.2) is 0 Å². The number of nitrogens with one attached hydrogen (secondary N) is 1. The van der Waals surface area contributed by atoms with Crippen molar-refractivity contribution < 1.29 is 9.53 Å². The topological polar surface area (TPSA) is 114 Å². The Morgan fingerprint density at radius 3 is 2.81 bits per heavy atom. The van der Waals surface area contributed by atoms with Crippen LogP contribution in [-0.4, -0.2) is 29.1 Å². The number of benzene rings is 1. The van der Waals surface area contributed by atoms with Crippen molar-refractivity contribution in [2.75, 3.05) is 12.4 Å². The first-order valence-electron chi connectivity index (χ1n) is 7.95. The van der Waals surface area contributed by atoms with E-state index in [0.29, 0.717) is 17.8 Å². The molecule has 0 bridgehead atoms. The number of anilines is 2. The molecule has 3 N–H and O–H groups in total. The fraction of sp³-hybridized carbons (Fsp3) is 0.158. The zero-order chi connectivity index (χ0) is 18.5. The van der Waals surface area contributed by atoms with Gasteiger partial charge in [0.05, 0.1) is 18.2 Å². The van der Waals surface area contributed by atoms with Gasteiger partial charge in [-0.05, 0) is 36.2 Å². The predicted molar refractivity (Wildman–Crippen MR) is 97.7 cm³/mol. The molecule has 7 nitrogen and oxygen atoms in total. The minimum Gasteiger partial charge on any atom is -0.468 e. The SMILES string of the molecule is COC(=O)[C@@H](N)Cc1ccc(Nc2nc3ccncc3cc2C#N)cc1. The molecule has 0 amide bonds. The molecule has 1 aromatic carbocycles. The highest BCUT2D eigenvalue weighted by Gasteiger charge is 2.14. The number of hydrogen-bond donors (Lipinski definition) is 2. The quantitative estimate of drug-likeness (QED) is 0.681. The molecule has 7 heteroatoms. The molecule has 130 valence electrons. The number of rotatable bonds is 5. The summed E-state index contributed by atoms with van der Waals surface area (Å²) < 4.78 is 4.63. The number of ether oxygens (including phenoxy) is 1. The lowest BCUT2D eigenvalue weighted by atomic mass is 10.1. The molecule has 26 heavy (non-hydrogen) atoms. The Morgan fingerprint density at radius 1 is 1.35 bits per heavy atom. The highest BCUT2D eigenvalue weighted by atomic mass is 16.5. The molecular weight excluding hydrogens is 330 g/mol. The van der Waals surface area contributed by atoms with Crippen molar-refractivity contribution in [3.05, 3.63) is 59.9 Å². The van der Waals surface area contributed by atoms with Crippen LogP contribution in [0.4, 0.5) is 11.5 Å². The number of aromatic nitrogens is 2. The fourth-order valence-corrected chi connectivity index (χ4v) is 2.55. The van der Waals surface area contributed by atoms with E-state index in [1.165, 1.54) is 7.11 Å². The maximum atomic E-state index is 11.4. The van der Waals surface area contributed by atoms with Crippen LogP contribution in [0.3, 0.4) is 0 Å². The highest BCUT2D eigenvalue weighted by Crippen LogP contribution is 2.23. The smallest absolute Gasteiger partial charge is 0.322 e. The summed E-state index contributed by atoms with van der Waals surface area (Å²) in [5.74, 6) is 0.0333. The Morgan fingerprint density at radius 2 is 2.12 bits per heavy atom.